The first-order valence-corrected chi connectivity index (χ1v) is 5.81. The van der Waals surface area contributed by atoms with Gasteiger partial charge in [0.2, 0.25) is 0 Å². The summed E-state index contributed by atoms with van der Waals surface area (Å²) in [6, 6.07) is 17.2. The first-order chi connectivity index (χ1) is 8.43. The molecule has 1 aliphatic heterocycles. The Balaban J connectivity index is 2.10. The zero-order valence-electron chi connectivity index (χ0n) is 9.03. The lowest BCUT2D eigenvalue weighted by molar-refractivity contribution is 0.651. The normalized spacial score (nSPS) is 13.2. The zero-order valence-corrected chi connectivity index (χ0v) is 9.03. The quantitative estimate of drug-likeness (QED) is 0.345. The summed E-state index contributed by atoms with van der Waals surface area (Å²) in [5, 5.41) is 2.68. The Labute approximate surface area is 98.3 Å². The second-order valence-corrected chi connectivity index (χ2v) is 4.63. The summed E-state index contributed by atoms with van der Waals surface area (Å²) in [7, 11) is 0. The van der Waals surface area contributed by atoms with Crippen LogP contribution in [0.5, 0.6) is 11.5 Å². The van der Waals surface area contributed by atoms with Gasteiger partial charge in [0.1, 0.15) is 0 Å². The SMILES string of the molecule is c1cc2c3c(cccc3c1)-c1c-2ccc2c1O2. The van der Waals surface area contributed by atoms with Crippen LogP contribution in [0.2, 0.25) is 0 Å². The fraction of sp³-hybridized carbons (Fsp3) is 0. The van der Waals surface area contributed by atoms with Gasteiger partial charge < -0.3 is 4.74 Å². The summed E-state index contributed by atoms with van der Waals surface area (Å²) in [6.07, 6.45) is 0. The topological polar surface area (TPSA) is 12.5 Å². The third-order valence-corrected chi connectivity index (χ3v) is 3.76. The summed E-state index contributed by atoms with van der Waals surface area (Å²) in [4.78, 5) is 0. The van der Waals surface area contributed by atoms with Crippen molar-refractivity contribution in [2.75, 3.05) is 0 Å². The van der Waals surface area contributed by atoms with E-state index in [2.05, 4.69) is 48.5 Å². The van der Waals surface area contributed by atoms with Crippen LogP contribution in [0.4, 0.5) is 0 Å². The average molecular weight is 216 g/mol. The van der Waals surface area contributed by atoms with Crippen molar-refractivity contribution in [1.29, 1.82) is 0 Å². The number of rotatable bonds is 0. The molecule has 2 aliphatic rings. The van der Waals surface area contributed by atoms with Crippen molar-refractivity contribution < 1.29 is 4.74 Å². The van der Waals surface area contributed by atoms with Gasteiger partial charge in [0.25, 0.3) is 0 Å². The Hall–Kier alpha value is -2.28. The van der Waals surface area contributed by atoms with E-state index in [1.54, 1.807) is 0 Å². The van der Waals surface area contributed by atoms with E-state index in [4.69, 9.17) is 4.74 Å². The van der Waals surface area contributed by atoms with Crippen LogP contribution in [0.3, 0.4) is 0 Å². The molecule has 78 valence electrons. The molecule has 0 spiro atoms. The summed E-state index contributed by atoms with van der Waals surface area (Å²) in [5.74, 6) is 2.11. The van der Waals surface area contributed by atoms with E-state index >= 15 is 0 Å². The van der Waals surface area contributed by atoms with Crippen LogP contribution in [-0.4, -0.2) is 0 Å². The van der Waals surface area contributed by atoms with Crippen LogP contribution in [0.1, 0.15) is 0 Å². The van der Waals surface area contributed by atoms with Crippen molar-refractivity contribution >= 4 is 10.8 Å². The Kier molecular flexibility index (Phi) is 1.09. The largest absolute Gasteiger partial charge is 0.449 e. The van der Waals surface area contributed by atoms with Gasteiger partial charge in [0.15, 0.2) is 11.5 Å². The van der Waals surface area contributed by atoms with Crippen LogP contribution in [0.25, 0.3) is 33.0 Å². The Morgan fingerprint density at radius 2 is 1.53 bits per heavy atom. The van der Waals surface area contributed by atoms with Crippen LogP contribution in [0.15, 0.2) is 48.5 Å². The second-order valence-electron chi connectivity index (χ2n) is 4.63. The van der Waals surface area contributed by atoms with Gasteiger partial charge in [-0.15, -0.1) is 0 Å². The highest BCUT2D eigenvalue weighted by Gasteiger charge is 2.33. The molecule has 3 aromatic rings. The molecule has 0 unspecified atom stereocenters. The van der Waals surface area contributed by atoms with Crippen molar-refractivity contribution in [3.05, 3.63) is 48.5 Å². The van der Waals surface area contributed by atoms with Crippen molar-refractivity contribution in [3.63, 3.8) is 0 Å². The standard InChI is InChI=1S/C16H8O/c1-3-9-4-2-6-12-14(9)10(5-1)11-7-8-13-16(17-13)15(11)12/h1-8H. The Bertz CT molecular complexity index is 810. The molecule has 0 saturated carbocycles. The van der Waals surface area contributed by atoms with E-state index in [0.717, 1.165) is 11.5 Å². The van der Waals surface area contributed by atoms with Gasteiger partial charge in [-0.2, -0.15) is 0 Å². The molecule has 1 nitrogen and oxygen atoms in total. The molecule has 0 N–H and O–H groups in total. The molecule has 0 fully saturated rings. The lowest BCUT2D eigenvalue weighted by atomic mass is 10.0. The lowest BCUT2D eigenvalue weighted by Crippen LogP contribution is -1.73. The monoisotopic (exact) mass is 216 g/mol. The molecule has 1 aliphatic carbocycles. The van der Waals surface area contributed by atoms with Crippen molar-refractivity contribution in [1.82, 2.24) is 0 Å². The third kappa shape index (κ3) is 0.794. The Morgan fingerprint density at radius 1 is 0.706 bits per heavy atom. The number of ether oxygens (including phenoxy) is 1. The first kappa shape index (κ1) is 7.91. The maximum Gasteiger partial charge on any atom is 0.178 e. The lowest BCUT2D eigenvalue weighted by Gasteiger charge is -2.00. The minimum absolute atomic E-state index is 1.04. The van der Waals surface area contributed by atoms with Crippen molar-refractivity contribution in [2.24, 2.45) is 0 Å². The maximum atomic E-state index is 5.54. The first-order valence-electron chi connectivity index (χ1n) is 5.81. The predicted octanol–water partition coefficient (Wildman–Crippen LogP) is 4.59. The molecule has 3 aromatic carbocycles. The van der Waals surface area contributed by atoms with Gasteiger partial charge in [-0.05, 0) is 39.6 Å². The molecule has 0 atom stereocenters. The highest BCUT2D eigenvalue weighted by Crippen LogP contribution is 2.60. The minimum Gasteiger partial charge on any atom is -0.449 e. The van der Waals surface area contributed by atoms with Gasteiger partial charge in [0, 0.05) is 5.56 Å². The second kappa shape index (κ2) is 2.35. The molecule has 0 amide bonds. The molecule has 5 rings (SSSR count). The number of fused-ring (bicyclic) bond motifs is 5. The highest BCUT2D eigenvalue weighted by molar-refractivity contribution is 6.17. The van der Waals surface area contributed by atoms with E-state index < -0.39 is 0 Å². The predicted molar refractivity (Wildman–Crippen MR) is 68.5 cm³/mol. The van der Waals surface area contributed by atoms with Crippen molar-refractivity contribution in [3.8, 4) is 33.8 Å². The Morgan fingerprint density at radius 3 is 2.41 bits per heavy atom. The third-order valence-electron chi connectivity index (χ3n) is 3.76. The number of benzene rings is 3. The van der Waals surface area contributed by atoms with Gasteiger partial charge in [0.05, 0.1) is 0 Å². The van der Waals surface area contributed by atoms with E-state index in [-0.39, 0.29) is 0 Å². The van der Waals surface area contributed by atoms with E-state index in [9.17, 15) is 0 Å². The number of hydrogen-bond acceptors (Lipinski definition) is 1. The molecule has 17 heavy (non-hydrogen) atoms. The molecule has 0 radical (unpaired) electrons. The van der Waals surface area contributed by atoms with Crippen LogP contribution in [0, 0.1) is 0 Å². The minimum atomic E-state index is 1.04. The van der Waals surface area contributed by atoms with E-state index in [0.29, 0.717) is 0 Å². The molecule has 0 bridgehead atoms. The van der Waals surface area contributed by atoms with Crippen LogP contribution >= 0.6 is 0 Å². The van der Waals surface area contributed by atoms with Gasteiger partial charge in [-0.25, -0.2) is 0 Å². The van der Waals surface area contributed by atoms with Gasteiger partial charge >= 0.3 is 0 Å². The molecule has 1 heterocycles. The highest BCUT2D eigenvalue weighted by atomic mass is 16.6. The van der Waals surface area contributed by atoms with Crippen LogP contribution in [-0.2, 0) is 0 Å². The number of hydrogen-bond donors (Lipinski definition) is 0. The van der Waals surface area contributed by atoms with Gasteiger partial charge in [-0.1, -0.05) is 36.4 Å². The molecule has 0 saturated heterocycles. The maximum absolute atomic E-state index is 5.54. The smallest absolute Gasteiger partial charge is 0.178 e. The summed E-state index contributed by atoms with van der Waals surface area (Å²) < 4.78 is 5.54. The zero-order chi connectivity index (χ0) is 11.0. The molecule has 0 aromatic heterocycles. The van der Waals surface area contributed by atoms with Crippen molar-refractivity contribution in [2.45, 2.75) is 0 Å². The summed E-state index contributed by atoms with van der Waals surface area (Å²) in [5.41, 5.74) is 5.26. The van der Waals surface area contributed by atoms with Crippen LogP contribution < -0.4 is 4.74 Å². The van der Waals surface area contributed by atoms with E-state index in [1.165, 1.54) is 33.0 Å². The summed E-state index contributed by atoms with van der Waals surface area (Å²) in [6.45, 7) is 0. The fourth-order valence-electron chi connectivity index (χ4n) is 3.00. The fourth-order valence-corrected chi connectivity index (χ4v) is 3.00. The molecular formula is C16H8O. The molecule has 1 heteroatoms. The van der Waals surface area contributed by atoms with E-state index in [1.807, 2.05) is 0 Å². The molecular weight excluding hydrogens is 208 g/mol. The summed E-state index contributed by atoms with van der Waals surface area (Å²) >= 11 is 0. The van der Waals surface area contributed by atoms with Gasteiger partial charge in [-0.3, -0.25) is 0 Å². The average Bonchev–Trinajstić information content (AvgIpc) is 3.09.